The minimum atomic E-state index is -1.01. The molecule has 1 fully saturated rings. The maximum absolute atomic E-state index is 13.1. The minimum absolute atomic E-state index is 0.0723. The Labute approximate surface area is 85.9 Å². The van der Waals surface area contributed by atoms with Crippen molar-refractivity contribution in [3.05, 3.63) is 29.3 Å². The van der Waals surface area contributed by atoms with E-state index < -0.39 is 11.6 Å². The number of methoxy groups -OCH3 is 1. The molecular formula is C11H10F2O2. The number of hydrogen-bond donors (Lipinski definition) is 0. The monoisotopic (exact) mass is 212 g/mol. The van der Waals surface area contributed by atoms with Gasteiger partial charge in [-0.15, -0.1) is 0 Å². The van der Waals surface area contributed by atoms with E-state index in [0.717, 1.165) is 6.07 Å². The second-order valence-electron chi connectivity index (χ2n) is 3.58. The summed E-state index contributed by atoms with van der Waals surface area (Å²) in [5, 5.41) is 0. The fourth-order valence-corrected chi connectivity index (χ4v) is 1.69. The molecule has 0 aromatic heterocycles. The lowest BCUT2D eigenvalue weighted by Crippen LogP contribution is -2.23. The molecule has 0 amide bonds. The van der Waals surface area contributed by atoms with Crippen molar-refractivity contribution in [3.63, 3.8) is 0 Å². The molecule has 4 heteroatoms. The molecule has 15 heavy (non-hydrogen) atoms. The van der Waals surface area contributed by atoms with E-state index in [9.17, 15) is 13.6 Å². The second kappa shape index (κ2) is 3.61. The van der Waals surface area contributed by atoms with Crippen LogP contribution in [0.3, 0.4) is 0 Å². The van der Waals surface area contributed by atoms with Gasteiger partial charge in [0, 0.05) is 12.3 Å². The first-order chi connectivity index (χ1) is 7.13. The van der Waals surface area contributed by atoms with Crippen LogP contribution in [0, 0.1) is 11.6 Å². The highest BCUT2D eigenvalue weighted by atomic mass is 19.2. The van der Waals surface area contributed by atoms with Crippen LogP contribution < -0.4 is 4.74 Å². The maximum Gasteiger partial charge on any atom is 0.200 e. The van der Waals surface area contributed by atoms with E-state index in [4.69, 9.17) is 4.74 Å². The van der Waals surface area contributed by atoms with E-state index in [-0.39, 0.29) is 17.5 Å². The third kappa shape index (κ3) is 1.60. The summed E-state index contributed by atoms with van der Waals surface area (Å²) >= 11 is 0. The van der Waals surface area contributed by atoms with Gasteiger partial charge in [-0.25, -0.2) is 4.39 Å². The van der Waals surface area contributed by atoms with Gasteiger partial charge in [0.1, 0.15) is 5.78 Å². The predicted octanol–water partition coefficient (Wildman–Crippen LogP) is 2.42. The van der Waals surface area contributed by atoms with Gasteiger partial charge in [0.15, 0.2) is 11.6 Å². The minimum Gasteiger partial charge on any atom is -0.494 e. The highest BCUT2D eigenvalue weighted by molar-refractivity contribution is 5.91. The quantitative estimate of drug-likeness (QED) is 0.752. The predicted molar refractivity (Wildman–Crippen MR) is 49.9 cm³/mol. The molecule has 0 radical (unpaired) electrons. The van der Waals surface area contributed by atoms with Gasteiger partial charge >= 0.3 is 0 Å². The van der Waals surface area contributed by atoms with Crippen LogP contribution in [0.2, 0.25) is 0 Å². The van der Waals surface area contributed by atoms with Crippen molar-refractivity contribution in [1.82, 2.24) is 0 Å². The molecule has 0 heterocycles. The molecular weight excluding hydrogens is 202 g/mol. The molecule has 0 saturated heterocycles. The molecule has 0 bridgehead atoms. The lowest BCUT2D eigenvalue weighted by atomic mass is 9.78. The molecule has 2 nitrogen and oxygen atoms in total. The number of benzene rings is 1. The van der Waals surface area contributed by atoms with Gasteiger partial charge < -0.3 is 4.74 Å². The van der Waals surface area contributed by atoms with Crippen LogP contribution in [-0.2, 0) is 4.79 Å². The first-order valence-corrected chi connectivity index (χ1v) is 4.69. The molecule has 0 spiro atoms. The van der Waals surface area contributed by atoms with Crippen LogP contribution in [0.25, 0.3) is 0 Å². The number of halogens is 2. The topological polar surface area (TPSA) is 26.3 Å². The number of carbonyl (C=O) groups excluding carboxylic acids is 1. The molecule has 1 atom stereocenters. The number of ketones is 1. The van der Waals surface area contributed by atoms with E-state index in [1.807, 2.05) is 0 Å². The normalized spacial score (nSPS) is 19.9. The van der Waals surface area contributed by atoms with Crippen molar-refractivity contribution >= 4 is 5.78 Å². The van der Waals surface area contributed by atoms with Crippen molar-refractivity contribution in [2.45, 2.75) is 18.8 Å². The van der Waals surface area contributed by atoms with Crippen LogP contribution >= 0.6 is 0 Å². The Bertz CT molecular complexity index is 415. The van der Waals surface area contributed by atoms with Gasteiger partial charge in [-0.1, -0.05) is 0 Å². The first kappa shape index (κ1) is 10.1. The zero-order valence-electron chi connectivity index (χ0n) is 8.22. The van der Waals surface area contributed by atoms with E-state index in [1.54, 1.807) is 0 Å². The summed E-state index contributed by atoms with van der Waals surface area (Å²) in [4.78, 5) is 11.2. The maximum atomic E-state index is 13.1. The van der Waals surface area contributed by atoms with Gasteiger partial charge in [0.2, 0.25) is 5.82 Å². The summed E-state index contributed by atoms with van der Waals surface area (Å²) in [7, 11) is 1.27. The fourth-order valence-electron chi connectivity index (χ4n) is 1.69. The lowest BCUT2D eigenvalue weighted by Gasteiger charge is -2.24. The summed E-state index contributed by atoms with van der Waals surface area (Å²) in [5.41, 5.74) is 0.502. The standard InChI is InChI=1S/C11H10F2O2/c1-15-10-5-6(4-8(12)11(10)13)7-2-3-9(7)14/h4-5,7H,2-3H2,1H3. The van der Waals surface area contributed by atoms with Crippen LogP contribution in [0.1, 0.15) is 24.3 Å². The Morgan fingerprint density at radius 3 is 2.60 bits per heavy atom. The Morgan fingerprint density at radius 1 is 1.40 bits per heavy atom. The molecule has 1 aliphatic carbocycles. The molecule has 1 aromatic carbocycles. The molecule has 1 aliphatic rings. The van der Waals surface area contributed by atoms with E-state index in [1.165, 1.54) is 13.2 Å². The van der Waals surface area contributed by atoms with Gasteiger partial charge in [-0.2, -0.15) is 4.39 Å². The van der Waals surface area contributed by atoms with Crippen molar-refractivity contribution in [1.29, 1.82) is 0 Å². The van der Waals surface area contributed by atoms with Gasteiger partial charge in [0.25, 0.3) is 0 Å². The SMILES string of the molecule is COc1cc(C2CCC2=O)cc(F)c1F. The van der Waals surface area contributed by atoms with Crippen LogP contribution in [0.4, 0.5) is 8.78 Å². The summed E-state index contributed by atoms with van der Waals surface area (Å²) in [5.74, 6) is -2.33. The van der Waals surface area contributed by atoms with E-state index in [2.05, 4.69) is 0 Å². The molecule has 0 N–H and O–H groups in total. The van der Waals surface area contributed by atoms with Gasteiger partial charge in [-0.3, -0.25) is 4.79 Å². The molecule has 1 aromatic rings. The Kier molecular flexibility index (Phi) is 2.42. The van der Waals surface area contributed by atoms with Crippen LogP contribution in [-0.4, -0.2) is 12.9 Å². The zero-order valence-corrected chi connectivity index (χ0v) is 8.22. The number of rotatable bonds is 2. The largest absolute Gasteiger partial charge is 0.494 e. The molecule has 1 unspecified atom stereocenters. The van der Waals surface area contributed by atoms with Crippen molar-refractivity contribution < 1.29 is 18.3 Å². The summed E-state index contributed by atoms with van der Waals surface area (Å²) in [6, 6.07) is 2.46. The van der Waals surface area contributed by atoms with Crippen LogP contribution in [0.15, 0.2) is 12.1 Å². The number of Topliss-reactive ketones (excluding diaryl/α,β-unsaturated/α-hetero) is 1. The molecule has 0 aliphatic heterocycles. The van der Waals surface area contributed by atoms with Crippen molar-refractivity contribution in [2.24, 2.45) is 0 Å². The van der Waals surface area contributed by atoms with E-state index >= 15 is 0 Å². The van der Waals surface area contributed by atoms with Crippen molar-refractivity contribution in [2.75, 3.05) is 7.11 Å². The van der Waals surface area contributed by atoms with Gasteiger partial charge in [-0.05, 0) is 24.1 Å². The smallest absolute Gasteiger partial charge is 0.200 e. The number of ether oxygens (including phenoxy) is 1. The van der Waals surface area contributed by atoms with Gasteiger partial charge in [0.05, 0.1) is 7.11 Å². The van der Waals surface area contributed by atoms with Crippen molar-refractivity contribution in [3.8, 4) is 5.75 Å². The summed E-state index contributed by atoms with van der Waals surface area (Å²) < 4.78 is 30.9. The van der Waals surface area contributed by atoms with Crippen LogP contribution in [0.5, 0.6) is 5.75 Å². The summed E-state index contributed by atoms with van der Waals surface area (Å²) in [6.45, 7) is 0. The highest BCUT2D eigenvalue weighted by Gasteiger charge is 2.31. The third-order valence-corrected chi connectivity index (χ3v) is 2.71. The fraction of sp³-hybridized carbons (Fsp3) is 0.364. The Balaban J connectivity index is 2.40. The molecule has 1 saturated carbocycles. The molecule has 2 rings (SSSR count). The van der Waals surface area contributed by atoms with E-state index in [0.29, 0.717) is 18.4 Å². The average Bonchev–Trinajstić information content (AvgIpc) is 2.20. The Morgan fingerprint density at radius 2 is 2.13 bits per heavy atom. The Hall–Kier alpha value is -1.45. The number of hydrogen-bond acceptors (Lipinski definition) is 2. The first-order valence-electron chi connectivity index (χ1n) is 4.69. The highest BCUT2D eigenvalue weighted by Crippen LogP contribution is 2.35. The molecule has 80 valence electrons. The zero-order chi connectivity index (χ0) is 11.0. The second-order valence-corrected chi connectivity index (χ2v) is 3.58. The third-order valence-electron chi connectivity index (χ3n) is 2.71. The summed E-state index contributed by atoms with van der Waals surface area (Å²) in [6.07, 6.45) is 1.22. The lowest BCUT2D eigenvalue weighted by molar-refractivity contribution is -0.125. The number of carbonyl (C=O) groups is 1. The average molecular weight is 212 g/mol.